The minimum absolute atomic E-state index is 0.0855. The molecule has 1 aromatic carbocycles. The van der Waals surface area contributed by atoms with Gasteiger partial charge in [-0.15, -0.1) is 5.10 Å². The van der Waals surface area contributed by atoms with Crippen molar-refractivity contribution in [2.24, 2.45) is 18.4 Å². The minimum atomic E-state index is -0.724. The molecule has 2 aliphatic carbocycles. The van der Waals surface area contributed by atoms with Crippen LogP contribution >= 0.6 is 15.9 Å². The highest BCUT2D eigenvalue weighted by Crippen LogP contribution is 2.46. The molecule has 0 spiro atoms. The molecule has 2 unspecified atom stereocenters. The zero-order valence-electron chi connectivity index (χ0n) is 20.1. The van der Waals surface area contributed by atoms with Crippen molar-refractivity contribution in [1.29, 1.82) is 0 Å². The van der Waals surface area contributed by atoms with Crippen molar-refractivity contribution in [1.82, 2.24) is 14.8 Å². The van der Waals surface area contributed by atoms with Gasteiger partial charge in [0, 0.05) is 17.2 Å². The Morgan fingerprint density at radius 1 is 1.24 bits per heavy atom. The molecular formula is C26H31BrN4O3. The number of nitrogens with one attached hydrogen (secondary N) is 1. The van der Waals surface area contributed by atoms with Crippen molar-refractivity contribution in [3.05, 3.63) is 39.9 Å². The third kappa shape index (κ3) is 4.40. The van der Waals surface area contributed by atoms with Crippen LogP contribution in [0, 0.1) is 18.3 Å². The molecule has 2 heterocycles. The highest BCUT2D eigenvalue weighted by atomic mass is 79.9. The van der Waals surface area contributed by atoms with Gasteiger partial charge in [0.2, 0.25) is 0 Å². The Kier molecular flexibility index (Phi) is 5.82. The number of carboxylic acid groups (broad SMARTS) is 1. The molecule has 0 saturated heterocycles. The predicted octanol–water partition coefficient (Wildman–Crippen LogP) is 6.32. The van der Waals surface area contributed by atoms with Crippen LogP contribution in [-0.2, 0) is 11.8 Å². The Balaban J connectivity index is 1.42. The maximum Gasteiger partial charge on any atom is 0.307 e. The summed E-state index contributed by atoms with van der Waals surface area (Å²) in [5.74, 6) is 0.786. The standard InChI is InChI=1S/C26H31BrN4O3/c1-14-11-20(17(12-19(14)27)15-5-6-15)28-22-10-9-21-23(29-22)24(30-31(21)4)34-16-7-8-18(25(32)33)26(2,3)13-16/h9-12,15-16,18H,5-8,13H2,1-4H3,(H,28,29)(H,32,33). The van der Waals surface area contributed by atoms with Gasteiger partial charge in [-0.1, -0.05) is 29.8 Å². The number of carboxylic acids is 1. The number of anilines is 2. The molecule has 5 rings (SSSR count). The van der Waals surface area contributed by atoms with Crippen molar-refractivity contribution >= 4 is 44.4 Å². The van der Waals surface area contributed by atoms with E-state index in [0.29, 0.717) is 36.6 Å². The lowest BCUT2D eigenvalue weighted by atomic mass is 9.68. The number of hydrogen-bond acceptors (Lipinski definition) is 5. The molecule has 34 heavy (non-hydrogen) atoms. The van der Waals surface area contributed by atoms with Gasteiger partial charge in [-0.2, -0.15) is 0 Å². The van der Waals surface area contributed by atoms with Crippen LogP contribution in [0.2, 0.25) is 0 Å². The zero-order chi connectivity index (χ0) is 24.2. The van der Waals surface area contributed by atoms with E-state index in [0.717, 1.165) is 21.5 Å². The van der Waals surface area contributed by atoms with E-state index >= 15 is 0 Å². The minimum Gasteiger partial charge on any atom is -0.481 e. The van der Waals surface area contributed by atoms with Crippen molar-refractivity contribution < 1.29 is 14.6 Å². The number of aliphatic carboxylic acids is 1. The highest BCUT2D eigenvalue weighted by molar-refractivity contribution is 9.10. The molecule has 180 valence electrons. The summed E-state index contributed by atoms with van der Waals surface area (Å²) >= 11 is 3.67. The molecular weight excluding hydrogens is 496 g/mol. The molecule has 7 nitrogen and oxygen atoms in total. The van der Waals surface area contributed by atoms with Gasteiger partial charge in [-0.25, -0.2) is 4.98 Å². The highest BCUT2D eigenvalue weighted by Gasteiger charge is 2.42. The van der Waals surface area contributed by atoms with Crippen LogP contribution in [0.1, 0.15) is 63.0 Å². The number of ether oxygens (including phenoxy) is 1. The number of benzene rings is 1. The van der Waals surface area contributed by atoms with Crippen molar-refractivity contribution in [2.75, 3.05) is 5.32 Å². The van der Waals surface area contributed by atoms with Crippen LogP contribution in [0.3, 0.4) is 0 Å². The number of halogens is 1. The van der Waals surface area contributed by atoms with E-state index in [1.54, 1.807) is 4.68 Å². The number of pyridine rings is 1. The van der Waals surface area contributed by atoms with Crippen LogP contribution in [0.4, 0.5) is 11.5 Å². The molecule has 2 aromatic heterocycles. The Labute approximate surface area is 208 Å². The van der Waals surface area contributed by atoms with Crippen molar-refractivity contribution in [3.63, 3.8) is 0 Å². The fourth-order valence-corrected chi connectivity index (χ4v) is 5.58. The summed E-state index contributed by atoms with van der Waals surface area (Å²) < 4.78 is 9.26. The third-order valence-electron chi connectivity index (χ3n) is 7.33. The summed E-state index contributed by atoms with van der Waals surface area (Å²) in [4.78, 5) is 16.5. The summed E-state index contributed by atoms with van der Waals surface area (Å²) in [6, 6.07) is 8.39. The number of rotatable bonds is 6. The smallest absolute Gasteiger partial charge is 0.307 e. The van der Waals surface area contributed by atoms with Crippen molar-refractivity contribution in [2.45, 2.75) is 64.9 Å². The van der Waals surface area contributed by atoms with Gasteiger partial charge >= 0.3 is 5.97 Å². The number of fused-ring (bicyclic) bond motifs is 1. The molecule has 2 fully saturated rings. The number of aryl methyl sites for hydroxylation is 2. The molecule has 2 N–H and O–H groups in total. The molecule has 2 atom stereocenters. The number of hydrogen-bond donors (Lipinski definition) is 2. The first kappa shape index (κ1) is 23.1. The Hall–Kier alpha value is -2.61. The summed E-state index contributed by atoms with van der Waals surface area (Å²) in [5.41, 5.74) is 4.87. The second-order valence-corrected chi connectivity index (χ2v) is 11.3. The van der Waals surface area contributed by atoms with E-state index in [9.17, 15) is 9.90 Å². The Morgan fingerprint density at radius 2 is 2.00 bits per heavy atom. The predicted molar refractivity (Wildman–Crippen MR) is 136 cm³/mol. The summed E-state index contributed by atoms with van der Waals surface area (Å²) in [6.45, 7) is 6.11. The van der Waals surface area contributed by atoms with E-state index in [4.69, 9.17) is 9.72 Å². The monoisotopic (exact) mass is 526 g/mol. The SMILES string of the molecule is Cc1cc(Nc2ccc3c(n2)c(OC2CCC(C(=O)O)C(C)(C)C2)nn3C)c(C2CC2)cc1Br. The summed E-state index contributed by atoms with van der Waals surface area (Å²) in [6.07, 6.45) is 4.32. The van der Waals surface area contributed by atoms with Gasteiger partial charge in [0.25, 0.3) is 5.88 Å². The topological polar surface area (TPSA) is 89.3 Å². The second kappa shape index (κ2) is 8.56. The van der Waals surface area contributed by atoms with Crippen LogP contribution in [0.15, 0.2) is 28.7 Å². The lowest BCUT2D eigenvalue weighted by Crippen LogP contribution is -2.41. The van der Waals surface area contributed by atoms with Gasteiger partial charge in [0.1, 0.15) is 11.9 Å². The molecule has 0 amide bonds. The van der Waals surface area contributed by atoms with Crippen LogP contribution < -0.4 is 10.1 Å². The van der Waals surface area contributed by atoms with E-state index in [-0.39, 0.29) is 17.4 Å². The average Bonchev–Trinajstić information content (AvgIpc) is 3.55. The van der Waals surface area contributed by atoms with Gasteiger partial charge < -0.3 is 15.2 Å². The molecule has 0 radical (unpaired) electrons. The number of carbonyl (C=O) groups is 1. The lowest BCUT2D eigenvalue weighted by Gasteiger charge is -2.39. The van der Waals surface area contributed by atoms with E-state index in [1.165, 1.54) is 24.0 Å². The largest absolute Gasteiger partial charge is 0.481 e. The average molecular weight is 527 g/mol. The van der Waals surface area contributed by atoms with Gasteiger partial charge in [-0.05, 0) is 85.8 Å². The van der Waals surface area contributed by atoms with E-state index in [1.807, 2.05) is 33.0 Å². The normalized spacial score (nSPS) is 22.0. The third-order valence-corrected chi connectivity index (χ3v) is 8.18. The quantitative estimate of drug-likeness (QED) is 0.390. The van der Waals surface area contributed by atoms with Gasteiger partial charge in [0.15, 0.2) is 5.52 Å². The van der Waals surface area contributed by atoms with Gasteiger partial charge in [0.05, 0.1) is 11.4 Å². The van der Waals surface area contributed by atoms with Gasteiger partial charge in [-0.3, -0.25) is 9.48 Å². The lowest BCUT2D eigenvalue weighted by molar-refractivity contribution is -0.149. The number of aromatic nitrogens is 3. The van der Waals surface area contributed by atoms with Crippen LogP contribution in [-0.4, -0.2) is 31.9 Å². The van der Waals surface area contributed by atoms with Crippen LogP contribution in [0.25, 0.3) is 11.0 Å². The molecule has 2 aliphatic rings. The molecule has 3 aromatic rings. The first-order valence-corrected chi connectivity index (χ1v) is 12.7. The van der Waals surface area contributed by atoms with Crippen LogP contribution in [0.5, 0.6) is 5.88 Å². The maximum absolute atomic E-state index is 11.6. The van der Waals surface area contributed by atoms with E-state index < -0.39 is 5.97 Å². The molecule has 0 aliphatic heterocycles. The fraction of sp³-hybridized carbons (Fsp3) is 0.500. The first-order valence-electron chi connectivity index (χ1n) is 11.9. The maximum atomic E-state index is 11.6. The number of nitrogens with zero attached hydrogens (tertiary/aromatic N) is 3. The first-order chi connectivity index (χ1) is 16.1. The fourth-order valence-electron chi connectivity index (χ4n) is 5.22. The summed E-state index contributed by atoms with van der Waals surface area (Å²) in [5, 5.41) is 17.7. The Bertz CT molecular complexity index is 1260. The Morgan fingerprint density at radius 3 is 2.68 bits per heavy atom. The van der Waals surface area contributed by atoms with Crippen molar-refractivity contribution in [3.8, 4) is 5.88 Å². The molecule has 0 bridgehead atoms. The second-order valence-electron chi connectivity index (χ2n) is 10.5. The van der Waals surface area contributed by atoms with E-state index in [2.05, 4.69) is 45.4 Å². The summed E-state index contributed by atoms with van der Waals surface area (Å²) in [7, 11) is 1.89. The zero-order valence-corrected chi connectivity index (χ0v) is 21.6. The molecule has 2 saturated carbocycles. The molecule has 8 heteroatoms.